The van der Waals surface area contributed by atoms with Gasteiger partial charge in [-0.1, -0.05) is 6.07 Å². The van der Waals surface area contributed by atoms with E-state index < -0.39 is 17.8 Å². The van der Waals surface area contributed by atoms with E-state index in [0.29, 0.717) is 19.5 Å². The molecule has 5 nitrogen and oxygen atoms in total. The van der Waals surface area contributed by atoms with Gasteiger partial charge in [-0.3, -0.25) is 9.59 Å². The molecule has 1 aromatic carbocycles. The SMILES string of the molecule is O=C(NCC(=O)N1CC[C@@H](O)C1)c1cccc(F)c1. The first kappa shape index (κ1) is 13.5. The summed E-state index contributed by atoms with van der Waals surface area (Å²) in [6, 6.07) is 5.26. The topological polar surface area (TPSA) is 69.6 Å². The molecular weight excluding hydrogens is 251 g/mol. The van der Waals surface area contributed by atoms with Crippen LogP contribution in [0, 0.1) is 5.82 Å². The summed E-state index contributed by atoms with van der Waals surface area (Å²) in [5, 5.41) is 11.8. The van der Waals surface area contributed by atoms with Gasteiger partial charge >= 0.3 is 0 Å². The minimum absolute atomic E-state index is 0.151. The molecule has 1 aliphatic rings. The number of hydrogen-bond acceptors (Lipinski definition) is 3. The predicted octanol–water partition coefficient (Wildman–Crippen LogP) is 0.149. The number of nitrogens with one attached hydrogen (secondary N) is 1. The Kier molecular flexibility index (Phi) is 4.11. The maximum Gasteiger partial charge on any atom is 0.251 e. The molecule has 1 aromatic rings. The number of likely N-dealkylation sites (tertiary alicyclic amines) is 1. The molecule has 1 fully saturated rings. The fourth-order valence-electron chi connectivity index (χ4n) is 1.97. The lowest BCUT2D eigenvalue weighted by Gasteiger charge is -2.15. The third-order valence-corrected chi connectivity index (χ3v) is 3.00. The molecule has 0 spiro atoms. The lowest BCUT2D eigenvalue weighted by Crippen LogP contribution is -2.39. The average molecular weight is 266 g/mol. The van der Waals surface area contributed by atoms with E-state index in [1.165, 1.54) is 23.1 Å². The fraction of sp³-hybridized carbons (Fsp3) is 0.385. The summed E-state index contributed by atoms with van der Waals surface area (Å²) in [5.74, 6) is -1.24. The van der Waals surface area contributed by atoms with E-state index in [4.69, 9.17) is 0 Å². The molecule has 2 N–H and O–H groups in total. The minimum Gasteiger partial charge on any atom is -0.391 e. The number of aliphatic hydroxyl groups is 1. The van der Waals surface area contributed by atoms with Crippen LogP contribution < -0.4 is 5.32 Å². The van der Waals surface area contributed by atoms with E-state index in [-0.39, 0.29) is 18.0 Å². The first-order valence-corrected chi connectivity index (χ1v) is 6.06. The lowest BCUT2D eigenvalue weighted by atomic mass is 10.2. The largest absolute Gasteiger partial charge is 0.391 e. The summed E-state index contributed by atoms with van der Waals surface area (Å²) >= 11 is 0. The van der Waals surface area contributed by atoms with Gasteiger partial charge in [0, 0.05) is 18.7 Å². The van der Waals surface area contributed by atoms with Gasteiger partial charge in [-0.05, 0) is 24.6 Å². The second-order valence-electron chi connectivity index (χ2n) is 4.48. The Morgan fingerprint density at radius 3 is 2.89 bits per heavy atom. The summed E-state index contributed by atoms with van der Waals surface area (Å²) in [6.07, 6.45) is 0.0757. The Balaban J connectivity index is 1.85. The van der Waals surface area contributed by atoms with Crippen LogP contribution in [0.25, 0.3) is 0 Å². The molecule has 0 saturated carbocycles. The Bertz CT molecular complexity index is 493. The second kappa shape index (κ2) is 5.79. The molecule has 2 amide bonds. The molecule has 102 valence electrons. The van der Waals surface area contributed by atoms with Gasteiger partial charge < -0.3 is 15.3 Å². The molecule has 1 saturated heterocycles. The molecule has 6 heteroatoms. The molecule has 0 aliphatic carbocycles. The maximum absolute atomic E-state index is 12.9. The zero-order valence-corrected chi connectivity index (χ0v) is 10.3. The van der Waals surface area contributed by atoms with Crippen LogP contribution in [-0.4, -0.2) is 47.6 Å². The van der Waals surface area contributed by atoms with Crippen LogP contribution in [-0.2, 0) is 4.79 Å². The van der Waals surface area contributed by atoms with Crippen LogP contribution in [0.15, 0.2) is 24.3 Å². The van der Waals surface area contributed by atoms with Crippen LogP contribution in [0.5, 0.6) is 0 Å². The molecule has 1 atom stereocenters. The van der Waals surface area contributed by atoms with Crippen LogP contribution in [0.4, 0.5) is 4.39 Å². The summed E-state index contributed by atoms with van der Waals surface area (Å²) in [4.78, 5) is 24.9. The summed E-state index contributed by atoms with van der Waals surface area (Å²) in [6.45, 7) is 0.645. The van der Waals surface area contributed by atoms with E-state index in [9.17, 15) is 19.1 Å². The molecule has 1 aliphatic heterocycles. The van der Waals surface area contributed by atoms with Gasteiger partial charge in [0.05, 0.1) is 12.6 Å². The van der Waals surface area contributed by atoms with Gasteiger partial charge in [0.25, 0.3) is 5.91 Å². The van der Waals surface area contributed by atoms with Crippen molar-refractivity contribution >= 4 is 11.8 Å². The third-order valence-electron chi connectivity index (χ3n) is 3.00. The van der Waals surface area contributed by atoms with E-state index >= 15 is 0 Å². The summed E-state index contributed by atoms with van der Waals surface area (Å²) < 4.78 is 12.9. The Morgan fingerprint density at radius 1 is 1.47 bits per heavy atom. The van der Waals surface area contributed by atoms with Crippen molar-refractivity contribution < 1.29 is 19.1 Å². The van der Waals surface area contributed by atoms with Crippen molar-refractivity contribution in [2.45, 2.75) is 12.5 Å². The van der Waals surface area contributed by atoms with Crippen molar-refractivity contribution in [1.82, 2.24) is 10.2 Å². The molecule has 1 heterocycles. The standard InChI is InChI=1S/C13H15FN2O3/c14-10-3-1-2-9(6-10)13(19)15-7-12(18)16-5-4-11(17)8-16/h1-3,6,11,17H,4-5,7-8H2,(H,15,19)/t11-/m1/s1. The van der Waals surface area contributed by atoms with Gasteiger partial charge in [-0.2, -0.15) is 0 Å². The highest BCUT2D eigenvalue weighted by Gasteiger charge is 2.24. The van der Waals surface area contributed by atoms with Crippen molar-refractivity contribution in [1.29, 1.82) is 0 Å². The molecular formula is C13H15FN2O3. The molecule has 0 aromatic heterocycles. The number of amides is 2. The highest BCUT2D eigenvalue weighted by molar-refractivity contribution is 5.96. The normalized spacial score (nSPS) is 18.4. The van der Waals surface area contributed by atoms with Crippen LogP contribution >= 0.6 is 0 Å². The number of nitrogens with zero attached hydrogens (tertiary/aromatic N) is 1. The van der Waals surface area contributed by atoms with Gasteiger partial charge in [-0.15, -0.1) is 0 Å². The number of benzene rings is 1. The Labute approximate surface area is 110 Å². The number of β-amino-alcohol motifs (C(OH)–C–C–N with tert-alkyl or cyclic N) is 1. The van der Waals surface area contributed by atoms with Gasteiger partial charge in [-0.25, -0.2) is 4.39 Å². The maximum atomic E-state index is 12.9. The number of rotatable bonds is 3. The number of carbonyl (C=O) groups is 2. The Morgan fingerprint density at radius 2 is 2.26 bits per heavy atom. The zero-order valence-electron chi connectivity index (χ0n) is 10.3. The van der Waals surface area contributed by atoms with Gasteiger partial charge in [0.15, 0.2) is 0 Å². The molecule has 2 rings (SSSR count). The second-order valence-corrected chi connectivity index (χ2v) is 4.48. The number of carbonyl (C=O) groups excluding carboxylic acids is 2. The number of halogens is 1. The highest BCUT2D eigenvalue weighted by atomic mass is 19.1. The van der Waals surface area contributed by atoms with Crippen LogP contribution in [0.1, 0.15) is 16.8 Å². The van der Waals surface area contributed by atoms with Crippen LogP contribution in [0.3, 0.4) is 0 Å². The van der Waals surface area contributed by atoms with Crippen molar-refractivity contribution in [3.63, 3.8) is 0 Å². The first-order valence-electron chi connectivity index (χ1n) is 6.06. The van der Waals surface area contributed by atoms with Crippen molar-refractivity contribution in [2.75, 3.05) is 19.6 Å². The fourth-order valence-corrected chi connectivity index (χ4v) is 1.97. The molecule has 0 bridgehead atoms. The van der Waals surface area contributed by atoms with E-state index in [2.05, 4.69) is 5.32 Å². The van der Waals surface area contributed by atoms with Crippen molar-refractivity contribution in [3.8, 4) is 0 Å². The number of aliphatic hydroxyl groups excluding tert-OH is 1. The predicted molar refractivity (Wildman–Crippen MR) is 65.9 cm³/mol. The smallest absolute Gasteiger partial charge is 0.251 e. The van der Waals surface area contributed by atoms with Crippen molar-refractivity contribution in [3.05, 3.63) is 35.6 Å². The van der Waals surface area contributed by atoms with Crippen molar-refractivity contribution in [2.24, 2.45) is 0 Å². The van der Waals surface area contributed by atoms with Gasteiger partial charge in [0.1, 0.15) is 5.82 Å². The monoisotopic (exact) mass is 266 g/mol. The first-order chi connectivity index (χ1) is 9.06. The molecule has 0 radical (unpaired) electrons. The highest BCUT2D eigenvalue weighted by Crippen LogP contribution is 2.08. The third kappa shape index (κ3) is 3.51. The van der Waals surface area contributed by atoms with Crippen LogP contribution in [0.2, 0.25) is 0 Å². The quantitative estimate of drug-likeness (QED) is 0.818. The Hall–Kier alpha value is -1.95. The summed E-state index contributed by atoms with van der Waals surface area (Å²) in [5.41, 5.74) is 0.175. The van der Waals surface area contributed by atoms with Gasteiger partial charge in [0.2, 0.25) is 5.91 Å². The van der Waals surface area contributed by atoms with E-state index in [1.807, 2.05) is 0 Å². The zero-order chi connectivity index (χ0) is 13.8. The lowest BCUT2D eigenvalue weighted by molar-refractivity contribution is -0.129. The average Bonchev–Trinajstić information content (AvgIpc) is 2.82. The van der Waals surface area contributed by atoms with E-state index in [1.54, 1.807) is 0 Å². The summed E-state index contributed by atoms with van der Waals surface area (Å²) in [7, 11) is 0. The molecule has 0 unspecified atom stereocenters. The minimum atomic E-state index is -0.498. The van der Waals surface area contributed by atoms with E-state index in [0.717, 1.165) is 6.07 Å². The number of hydrogen-bond donors (Lipinski definition) is 2. The molecule has 19 heavy (non-hydrogen) atoms.